The van der Waals surface area contributed by atoms with Crippen molar-refractivity contribution < 1.29 is 14.0 Å². The summed E-state index contributed by atoms with van der Waals surface area (Å²) in [7, 11) is 0. The van der Waals surface area contributed by atoms with E-state index in [0.29, 0.717) is 11.1 Å². The Morgan fingerprint density at radius 3 is 2.74 bits per heavy atom. The van der Waals surface area contributed by atoms with Crippen LogP contribution < -0.4 is 10.8 Å². The van der Waals surface area contributed by atoms with Crippen LogP contribution in [0.5, 0.6) is 0 Å². The van der Waals surface area contributed by atoms with Crippen molar-refractivity contribution in [3.05, 3.63) is 58.9 Å². The first-order chi connectivity index (χ1) is 13.0. The zero-order valence-corrected chi connectivity index (χ0v) is 15.0. The summed E-state index contributed by atoms with van der Waals surface area (Å²) in [5.74, 6) is -0.885. The van der Waals surface area contributed by atoms with Crippen LogP contribution in [0.1, 0.15) is 41.3 Å². The largest absolute Gasteiger partial charge is 0.354 e. The van der Waals surface area contributed by atoms with Gasteiger partial charge in [-0.25, -0.2) is 9.87 Å². The molecular weight excluding hydrogens is 345 g/mol. The van der Waals surface area contributed by atoms with E-state index in [1.165, 1.54) is 24.1 Å². The van der Waals surface area contributed by atoms with E-state index < -0.39 is 11.7 Å². The number of carbonyl (C=O) groups excluding carboxylic acids is 1. The van der Waals surface area contributed by atoms with Crippen molar-refractivity contribution in [3.8, 4) is 11.3 Å². The fourth-order valence-corrected chi connectivity index (χ4v) is 4.31. The molecule has 1 unspecified atom stereocenters. The second kappa shape index (κ2) is 5.90. The lowest BCUT2D eigenvalue weighted by Gasteiger charge is -2.25. The Morgan fingerprint density at radius 1 is 1.19 bits per heavy atom. The summed E-state index contributed by atoms with van der Waals surface area (Å²) in [6, 6.07) is 11.1. The van der Waals surface area contributed by atoms with Gasteiger partial charge in [-0.3, -0.25) is 9.63 Å². The van der Waals surface area contributed by atoms with Gasteiger partial charge in [0, 0.05) is 22.0 Å². The molecule has 2 aliphatic heterocycles. The van der Waals surface area contributed by atoms with Crippen LogP contribution in [-0.4, -0.2) is 17.4 Å². The van der Waals surface area contributed by atoms with Crippen molar-refractivity contribution in [3.63, 3.8) is 0 Å². The molecule has 0 radical (unpaired) electrons. The average Bonchev–Trinajstić information content (AvgIpc) is 3.21. The lowest BCUT2D eigenvalue weighted by Crippen LogP contribution is -2.32. The molecule has 2 aromatic carbocycles. The molecule has 5 rings (SSSR count). The maximum absolute atomic E-state index is 14.0. The summed E-state index contributed by atoms with van der Waals surface area (Å²) < 4.78 is 14.0. The maximum atomic E-state index is 14.0. The highest BCUT2D eigenvalue weighted by molar-refractivity contribution is 6.09. The summed E-state index contributed by atoms with van der Waals surface area (Å²) in [5.41, 5.74) is 7.22. The fraction of sp³-hybridized carbons (Fsp3) is 0.286. The van der Waals surface area contributed by atoms with Crippen molar-refractivity contribution in [2.45, 2.75) is 31.9 Å². The number of nitrogens with one attached hydrogen (secondary N) is 3. The minimum atomic E-state index is -0.454. The molecule has 0 aliphatic carbocycles. The van der Waals surface area contributed by atoms with Crippen molar-refractivity contribution in [2.75, 3.05) is 6.54 Å². The maximum Gasteiger partial charge on any atom is 0.275 e. The van der Waals surface area contributed by atoms with E-state index in [4.69, 9.17) is 4.84 Å². The molecule has 6 heteroatoms. The Bertz CT molecular complexity index is 1050. The lowest BCUT2D eigenvalue weighted by molar-refractivity contribution is 0.0255. The molecule has 3 aromatic rings. The Balaban J connectivity index is 1.64. The van der Waals surface area contributed by atoms with Crippen molar-refractivity contribution in [1.82, 2.24) is 15.8 Å². The Hall–Kier alpha value is -2.70. The van der Waals surface area contributed by atoms with E-state index in [2.05, 4.69) is 47.0 Å². The minimum absolute atomic E-state index is 0.0144. The molecule has 1 atom stereocenters. The van der Waals surface area contributed by atoms with Gasteiger partial charge in [-0.2, -0.15) is 0 Å². The SMILES string of the molecule is CC1(c2ccc(-c3[nH]c4cc(F)cc5c4c3CONC5=O)cc2)CCCN1. The molecule has 1 amide bonds. The highest BCUT2D eigenvalue weighted by atomic mass is 19.1. The summed E-state index contributed by atoms with van der Waals surface area (Å²) in [4.78, 5) is 20.8. The molecule has 1 fully saturated rings. The molecule has 1 aromatic heterocycles. The van der Waals surface area contributed by atoms with Crippen molar-refractivity contribution in [1.29, 1.82) is 0 Å². The van der Waals surface area contributed by atoms with Crippen LogP contribution in [-0.2, 0) is 17.0 Å². The first-order valence-corrected chi connectivity index (χ1v) is 9.17. The predicted molar refractivity (Wildman–Crippen MR) is 101 cm³/mol. The van der Waals surface area contributed by atoms with Crippen LogP contribution in [0.3, 0.4) is 0 Å². The Labute approximate surface area is 155 Å². The number of aromatic amines is 1. The van der Waals surface area contributed by atoms with Gasteiger partial charge in [0.1, 0.15) is 12.4 Å². The second-order valence-corrected chi connectivity index (χ2v) is 7.51. The van der Waals surface area contributed by atoms with Crippen LogP contribution >= 0.6 is 0 Å². The first-order valence-electron chi connectivity index (χ1n) is 9.17. The number of amides is 1. The molecule has 2 aliphatic rings. The number of carbonyl (C=O) groups is 1. The lowest BCUT2D eigenvalue weighted by atomic mass is 9.89. The Morgan fingerprint density at radius 2 is 2.00 bits per heavy atom. The molecular formula is C21H20FN3O2. The molecule has 0 bridgehead atoms. The molecule has 5 nitrogen and oxygen atoms in total. The number of H-pyrrole nitrogens is 1. The molecule has 1 saturated heterocycles. The smallest absolute Gasteiger partial charge is 0.275 e. The van der Waals surface area contributed by atoms with Crippen LogP contribution in [0, 0.1) is 5.82 Å². The average molecular weight is 365 g/mol. The molecule has 138 valence electrons. The third kappa shape index (κ3) is 2.56. The van der Waals surface area contributed by atoms with Gasteiger partial charge in [-0.15, -0.1) is 0 Å². The van der Waals surface area contributed by atoms with Crippen molar-refractivity contribution in [2.24, 2.45) is 0 Å². The summed E-state index contributed by atoms with van der Waals surface area (Å²) in [5, 5.41) is 4.29. The van der Waals surface area contributed by atoms with Gasteiger partial charge in [-0.05, 0) is 49.6 Å². The Kier molecular flexibility index (Phi) is 3.60. The van der Waals surface area contributed by atoms with E-state index in [9.17, 15) is 9.18 Å². The number of benzene rings is 2. The molecule has 0 saturated carbocycles. The molecule has 3 N–H and O–H groups in total. The van der Waals surface area contributed by atoms with Gasteiger partial charge in [0.15, 0.2) is 0 Å². The summed E-state index contributed by atoms with van der Waals surface area (Å²) >= 11 is 0. The highest BCUT2D eigenvalue weighted by Crippen LogP contribution is 2.36. The van der Waals surface area contributed by atoms with E-state index in [-0.39, 0.29) is 12.1 Å². The third-order valence-corrected chi connectivity index (χ3v) is 5.77. The summed E-state index contributed by atoms with van der Waals surface area (Å²) in [6.45, 7) is 3.49. The van der Waals surface area contributed by atoms with Gasteiger partial charge in [-0.1, -0.05) is 24.3 Å². The number of hydrogen-bond donors (Lipinski definition) is 3. The number of halogens is 1. The van der Waals surface area contributed by atoms with Gasteiger partial charge in [0.25, 0.3) is 5.91 Å². The summed E-state index contributed by atoms with van der Waals surface area (Å²) in [6.07, 6.45) is 2.30. The molecule has 0 spiro atoms. The highest BCUT2D eigenvalue weighted by Gasteiger charge is 2.30. The van der Waals surface area contributed by atoms with Crippen molar-refractivity contribution >= 4 is 16.8 Å². The third-order valence-electron chi connectivity index (χ3n) is 5.77. The van der Waals surface area contributed by atoms with Gasteiger partial charge < -0.3 is 10.3 Å². The number of hydrogen-bond acceptors (Lipinski definition) is 3. The topological polar surface area (TPSA) is 66.1 Å². The minimum Gasteiger partial charge on any atom is -0.354 e. The van der Waals surface area contributed by atoms with Gasteiger partial charge >= 0.3 is 0 Å². The van der Waals surface area contributed by atoms with Crippen LogP contribution in [0.4, 0.5) is 4.39 Å². The monoisotopic (exact) mass is 365 g/mol. The number of hydroxylamine groups is 1. The zero-order valence-electron chi connectivity index (χ0n) is 15.0. The molecule has 3 heterocycles. The number of aromatic nitrogens is 1. The molecule has 27 heavy (non-hydrogen) atoms. The number of rotatable bonds is 2. The standard InChI is InChI=1S/C21H20FN3O2/c1-21(7-2-8-23-21)13-5-3-12(4-6-13)19-16-11-27-25-20(26)15-9-14(22)10-17(24-19)18(15)16/h3-6,9-10,23-24H,2,7-8,11H2,1H3,(H,25,26). The van der Waals surface area contributed by atoms with E-state index in [1.807, 2.05) is 0 Å². The van der Waals surface area contributed by atoms with Gasteiger partial charge in [0.05, 0.1) is 11.3 Å². The van der Waals surface area contributed by atoms with E-state index >= 15 is 0 Å². The van der Waals surface area contributed by atoms with E-state index in [1.54, 1.807) is 0 Å². The second-order valence-electron chi connectivity index (χ2n) is 7.51. The fourth-order valence-electron chi connectivity index (χ4n) is 4.31. The van der Waals surface area contributed by atoms with E-state index in [0.717, 1.165) is 35.2 Å². The van der Waals surface area contributed by atoms with Crippen LogP contribution in [0.25, 0.3) is 22.2 Å². The quantitative estimate of drug-likeness (QED) is 0.648. The normalized spacial score (nSPS) is 22.1. The zero-order chi connectivity index (χ0) is 18.6. The van der Waals surface area contributed by atoms with Crippen LogP contribution in [0.2, 0.25) is 0 Å². The van der Waals surface area contributed by atoms with Crippen LogP contribution in [0.15, 0.2) is 36.4 Å². The predicted octanol–water partition coefficient (Wildman–Crippen LogP) is 3.75. The van der Waals surface area contributed by atoms with Gasteiger partial charge in [0.2, 0.25) is 0 Å². The first kappa shape index (κ1) is 16.5.